The number of hydrogen-bond donors (Lipinski definition) is 3. The lowest BCUT2D eigenvalue weighted by Crippen LogP contribution is -2.13. The van der Waals surface area contributed by atoms with Gasteiger partial charge in [-0.1, -0.05) is 26.8 Å². The first-order valence-electron chi connectivity index (χ1n) is 10.4. The van der Waals surface area contributed by atoms with Gasteiger partial charge in [-0.2, -0.15) is 5.10 Å². The first-order chi connectivity index (χ1) is 14.2. The molecular weight excluding hydrogens is 360 g/mol. The lowest BCUT2D eigenvalue weighted by atomic mass is 9.98. The van der Waals surface area contributed by atoms with Crippen molar-refractivity contribution in [3.8, 4) is 22.6 Å². The van der Waals surface area contributed by atoms with Crippen LogP contribution in [0.15, 0.2) is 30.6 Å². The Labute approximate surface area is 171 Å². The average Bonchev–Trinajstić information content (AvgIpc) is 3.36. The minimum Gasteiger partial charge on any atom is -0.340 e. The standard InChI is InChI=1S/C23H28N6/c1-5-19-20(6-2)27-23(26-19)22-17-10-15(8-9-21(17)28-29-22)18-13-25-12-16(14(18)4)11-24-7-3/h8-10,12-13,24H,5-7,11H2,1-4H3,(H,26,27)(H,28,29). The van der Waals surface area contributed by atoms with E-state index in [2.05, 4.69) is 71.4 Å². The molecule has 4 aromatic rings. The van der Waals surface area contributed by atoms with E-state index in [4.69, 9.17) is 4.98 Å². The van der Waals surface area contributed by atoms with Crippen molar-refractivity contribution in [2.45, 2.75) is 47.1 Å². The van der Waals surface area contributed by atoms with Crippen molar-refractivity contribution in [1.29, 1.82) is 0 Å². The SMILES string of the molecule is CCNCc1cncc(-c2ccc3[nH]nc(-c4nc(CC)c(CC)[nH]4)c3c2)c1C. The number of benzene rings is 1. The number of aromatic nitrogens is 5. The average molecular weight is 389 g/mol. The minimum absolute atomic E-state index is 0.828. The molecule has 0 bridgehead atoms. The van der Waals surface area contributed by atoms with Gasteiger partial charge in [0.05, 0.1) is 11.2 Å². The van der Waals surface area contributed by atoms with Gasteiger partial charge < -0.3 is 10.3 Å². The zero-order valence-corrected chi connectivity index (χ0v) is 17.6. The predicted octanol–water partition coefficient (Wildman–Crippen LogP) is 4.56. The van der Waals surface area contributed by atoms with Gasteiger partial charge in [-0.25, -0.2) is 4.98 Å². The van der Waals surface area contributed by atoms with Gasteiger partial charge in [0, 0.05) is 35.6 Å². The Morgan fingerprint density at radius 1 is 1.07 bits per heavy atom. The number of rotatable bonds is 7. The highest BCUT2D eigenvalue weighted by Gasteiger charge is 2.16. The van der Waals surface area contributed by atoms with E-state index in [0.29, 0.717) is 0 Å². The molecule has 0 saturated heterocycles. The van der Waals surface area contributed by atoms with Gasteiger partial charge in [-0.05, 0) is 55.1 Å². The zero-order chi connectivity index (χ0) is 20.4. The first kappa shape index (κ1) is 19.3. The van der Waals surface area contributed by atoms with E-state index >= 15 is 0 Å². The van der Waals surface area contributed by atoms with E-state index in [9.17, 15) is 0 Å². The number of hydrogen-bond acceptors (Lipinski definition) is 4. The van der Waals surface area contributed by atoms with Crippen LogP contribution in [0.25, 0.3) is 33.5 Å². The van der Waals surface area contributed by atoms with Crippen molar-refractivity contribution in [2.24, 2.45) is 0 Å². The highest BCUT2D eigenvalue weighted by atomic mass is 15.1. The van der Waals surface area contributed by atoms with Crippen molar-refractivity contribution >= 4 is 10.9 Å². The molecule has 0 amide bonds. The molecule has 0 unspecified atom stereocenters. The molecule has 0 spiro atoms. The summed E-state index contributed by atoms with van der Waals surface area (Å²) in [5, 5.41) is 12.2. The third-order valence-electron chi connectivity index (χ3n) is 5.54. The van der Waals surface area contributed by atoms with E-state index < -0.39 is 0 Å². The van der Waals surface area contributed by atoms with Crippen molar-refractivity contribution < 1.29 is 0 Å². The molecule has 0 fully saturated rings. The molecule has 0 atom stereocenters. The van der Waals surface area contributed by atoms with Crippen LogP contribution in [0.4, 0.5) is 0 Å². The maximum absolute atomic E-state index is 4.80. The second-order valence-corrected chi connectivity index (χ2v) is 7.30. The molecule has 6 heteroatoms. The Morgan fingerprint density at radius 3 is 2.66 bits per heavy atom. The summed E-state index contributed by atoms with van der Waals surface area (Å²) in [6, 6.07) is 6.40. The molecule has 0 aliphatic heterocycles. The zero-order valence-electron chi connectivity index (χ0n) is 17.6. The second kappa shape index (κ2) is 8.17. The molecule has 3 heterocycles. The molecule has 0 aliphatic rings. The van der Waals surface area contributed by atoms with E-state index in [1.54, 1.807) is 0 Å². The molecule has 150 valence electrons. The summed E-state index contributed by atoms with van der Waals surface area (Å²) in [5.74, 6) is 0.831. The molecule has 3 aromatic heterocycles. The van der Waals surface area contributed by atoms with Crippen LogP contribution in [0.2, 0.25) is 0 Å². The lowest BCUT2D eigenvalue weighted by Gasteiger charge is -2.11. The van der Waals surface area contributed by atoms with Crippen molar-refractivity contribution in [3.63, 3.8) is 0 Å². The third-order valence-corrected chi connectivity index (χ3v) is 5.54. The number of aromatic amines is 2. The summed E-state index contributed by atoms with van der Waals surface area (Å²) in [5.41, 5.74) is 8.94. The first-order valence-corrected chi connectivity index (χ1v) is 10.4. The summed E-state index contributed by atoms with van der Waals surface area (Å²) in [4.78, 5) is 12.7. The van der Waals surface area contributed by atoms with E-state index in [0.717, 1.165) is 65.2 Å². The normalized spacial score (nSPS) is 11.4. The van der Waals surface area contributed by atoms with Crippen LogP contribution in [0.5, 0.6) is 0 Å². The Bertz CT molecular complexity index is 1120. The monoisotopic (exact) mass is 388 g/mol. The van der Waals surface area contributed by atoms with E-state index in [-0.39, 0.29) is 0 Å². The van der Waals surface area contributed by atoms with Crippen LogP contribution in [-0.4, -0.2) is 31.7 Å². The molecule has 1 aromatic carbocycles. The van der Waals surface area contributed by atoms with Crippen LogP contribution in [0.1, 0.15) is 43.3 Å². The smallest absolute Gasteiger partial charge is 0.159 e. The van der Waals surface area contributed by atoms with Gasteiger partial charge >= 0.3 is 0 Å². The van der Waals surface area contributed by atoms with Crippen LogP contribution < -0.4 is 5.32 Å². The summed E-state index contributed by atoms with van der Waals surface area (Å²) < 4.78 is 0. The molecule has 3 N–H and O–H groups in total. The fourth-order valence-electron chi connectivity index (χ4n) is 3.80. The third kappa shape index (κ3) is 3.56. The van der Waals surface area contributed by atoms with Gasteiger partial charge in [0.2, 0.25) is 0 Å². The molecule has 6 nitrogen and oxygen atoms in total. The minimum atomic E-state index is 0.828. The van der Waals surface area contributed by atoms with Gasteiger partial charge in [-0.15, -0.1) is 0 Å². The quantitative estimate of drug-likeness (QED) is 0.433. The topological polar surface area (TPSA) is 82.3 Å². The Hall–Kier alpha value is -2.99. The summed E-state index contributed by atoms with van der Waals surface area (Å²) in [6.45, 7) is 10.3. The molecule has 0 aliphatic carbocycles. The number of H-pyrrole nitrogens is 2. The number of imidazole rings is 1. The van der Waals surface area contributed by atoms with Crippen LogP contribution in [-0.2, 0) is 19.4 Å². The van der Waals surface area contributed by atoms with Crippen LogP contribution in [0.3, 0.4) is 0 Å². The van der Waals surface area contributed by atoms with Gasteiger partial charge in [0.15, 0.2) is 5.82 Å². The van der Waals surface area contributed by atoms with Crippen molar-refractivity contribution in [1.82, 2.24) is 30.5 Å². The van der Waals surface area contributed by atoms with Crippen LogP contribution in [0, 0.1) is 6.92 Å². The Kier molecular flexibility index (Phi) is 5.45. The number of nitrogens with one attached hydrogen (secondary N) is 3. The summed E-state index contributed by atoms with van der Waals surface area (Å²) in [7, 11) is 0. The largest absolute Gasteiger partial charge is 0.340 e. The fraction of sp³-hybridized carbons (Fsp3) is 0.348. The molecule has 29 heavy (non-hydrogen) atoms. The molecule has 4 rings (SSSR count). The van der Waals surface area contributed by atoms with Crippen molar-refractivity contribution in [3.05, 3.63) is 53.1 Å². The molecular formula is C23H28N6. The maximum atomic E-state index is 4.80. The number of aryl methyl sites for hydroxylation is 2. The number of fused-ring (bicyclic) bond motifs is 1. The number of nitrogens with zero attached hydrogens (tertiary/aromatic N) is 3. The van der Waals surface area contributed by atoms with Crippen molar-refractivity contribution in [2.75, 3.05) is 6.54 Å². The number of pyridine rings is 1. The fourth-order valence-corrected chi connectivity index (χ4v) is 3.80. The highest BCUT2D eigenvalue weighted by Crippen LogP contribution is 2.31. The Morgan fingerprint density at radius 2 is 1.93 bits per heavy atom. The Balaban J connectivity index is 1.80. The second-order valence-electron chi connectivity index (χ2n) is 7.30. The highest BCUT2D eigenvalue weighted by molar-refractivity contribution is 5.94. The maximum Gasteiger partial charge on any atom is 0.159 e. The molecule has 0 saturated carbocycles. The van der Waals surface area contributed by atoms with E-state index in [1.807, 2.05) is 12.4 Å². The van der Waals surface area contributed by atoms with Gasteiger partial charge in [0.25, 0.3) is 0 Å². The van der Waals surface area contributed by atoms with Gasteiger partial charge in [-0.3, -0.25) is 10.1 Å². The predicted molar refractivity (Wildman–Crippen MR) is 118 cm³/mol. The van der Waals surface area contributed by atoms with E-state index in [1.165, 1.54) is 16.8 Å². The summed E-state index contributed by atoms with van der Waals surface area (Å²) in [6.07, 6.45) is 5.75. The summed E-state index contributed by atoms with van der Waals surface area (Å²) >= 11 is 0. The van der Waals surface area contributed by atoms with Crippen LogP contribution >= 0.6 is 0 Å². The lowest BCUT2D eigenvalue weighted by molar-refractivity contribution is 0.721. The molecule has 0 radical (unpaired) electrons. The van der Waals surface area contributed by atoms with Gasteiger partial charge in [0.1, 0.15) is 5.69 Å².